The summed E-state index contributed by atoms with van der Waals surface area (Å²) in [7, 11) is 0. The second-order valence-corrected chi connectivity index (χ2v) is 5.18. The second kappa shape index (κ2) is 4.07. The van der Waals surface area contributed by atoms with Crippen molar-refractivity contribution in [2.24, 2.45) is 0 Å². The Morgan fingerprint density at radius 2 is 1.88 bits per heavy atom. The number of carbonyl (C=O) groups excluding carboxylic acids is 2. The number of hydrogen-bond acceptors (Lipinski definition) is 2. The van der Waals surface area contributed by atoms with Gasteiger partial charge in [0.25, 0.3) is 0 Å². The summed E-state index contributed by atoms with van der Waals surface area (Å²) in [5, 5.41) is 2.96. The molecule has 4 heteroatoms. The van der Waals surface area contributed by atoms with Crippen molar-refractivity contribution >= 4 is 11.8 Å². The van der Waals surface area contributed by atoms with E-state index in [1.54, 1.807) is 0 Å². The van der Waals surface area contributed by atoms with Gasteiger partial charge in [0, 0.05) is 19.0 Å². The lowest BCUT2D eigenvalue weighted by Crippen LogP contribution is -2.56. The Morgan fingerprint density at radius 1 is 1.25 bits per heavy atom. The highest BCUT2D eigenvalue weighted by atomic mass is 16.2. The molecule has 2 amide bonds. The minimum atomic E-state index is -0.572. The maximum Gasteiger partial charge on any atom is 0.248 e. The molecule has 1 aliphatic heterocycles. The van der Waals surface area contributed by atoms with Gasteiger partial charge in [0.2, 0.25) is 11.8 Å². The van der Waals surface area contributed by atoms with Crippen LogP contribution in [0.3, 0.4) is 0 Å². The van der Waals surface area contributed by atoms with Gasteiger partial charge in [0.05, 0.1) is 0 Å². The van der Waals surface area contributed by atoms with Crippen LogP contribution in [0.1, 0.15) is 46.0 Å². The maximum absolute atomic E-state index is 12.5. The first kappa shape index (κ1) is 11.4. The Kier molecular flexibility index (Phi) is 2.91. The van der Waals surface area contributed by atoms with Gasteiger partial charge in [-0.25, -0.2) is 0 Å². The minimum Gasteiger partial charge on any atom is -0.342 e. The first-order valence-corrected chi connectivity index (χ1v) is 6.17. The molecule has 1 aliphatic carbocycles. The van der Waals surface area contributed by atoms with Gasteiger partial charge in [0.15, 0.2) is 0 Å². The molecule has 0 aromatic rings. The van der Waals surface area contributed by atoms with Crippen LogP contribution in [-0.4, -0.2) is 34.8 Å². The summed E-state index contributed by atoms with van der Waals surface area (Å²) < 4.78 is 0. The molecule has 90 valence electrons. The van der Waals surface area contributed by atoms with Crippen LogP contribution in [0.4, 0.5) is 0 Å². The molecule has 1 spiro atoms. The first-order chi connectivity index (χ1) is 7.55. The summed E-state index contributed by atoms with van der Waals surface area (Å²) in [6.07, 6.45) is 4.13. The Bertz CT molecular complexity index is 306. The molecule has 2 rings (SSSR count). The number of hydrogen-bond donors (Lipinski definition) is 1. The molecule has 0 atom stereocenters. The van der Waals surface area contributed by atoms with Crippen molar-refractivity contribution in [2.75, 3.05) is 6.54 Å². The molecule has 1 heterocycles. The summed E-state index contributed by atoms with van der Waals surface area (Å²) in [4.78, 5) is 26.0. The highest BCUT2D eigenvalue weighted by Gasteiger charge is 2.46. The fourth-order valence-electron chi connectivity index (χ4n) is 2.79. The van der Waals surface area contributed by atoms with Gasteiger partial charge in [-0.05, 0) is 26.7 Å². The van der Waals surface area contributed by atoms with Crippen LogP contribution in [0.5, 0.6) is 0 Å². The quantitative estimate of drug-likeness (QED) is 0.724. The van der Waals surface area contributed by atoms with E-state index in [1.165, 1.54) is 0 Å². The highest BCUT2D eigenvalue weighted by molar-refractivity contribution is 5.94. The molecule has 2 fully saturated rings. The first-order valence-electron chi connectivity index (χ1n) is 6.17. The van der Waals surface area contributed by atoms with E-state index in [0.29, 0.717) is 13.0 Å². The summed E-state index contributed by atoms with van der Waals surface area (Å²) in [6, 6.07) is 0.178. The third-order valence-electron chi connectivity index (χ3n) is 3.71. The average Bonchev–Trinajstić information content (AvgIpc) is 2.62. The van der Waals surface area contributed by atoms with Gasteiger partial charge >= 0.3 is 0 Å². The van der Waals surface area contributed by atoms with Gasteiger partial charge < -0.3 is 10.2 Å². The van der Waals surface area contributed by atoms with E-state index >= 15 is 0 Å². The van der Waals surface area contributed by atoms with Crippen molar-refractivity contribution in [3.63, 3.8) is 0 Å². The van der Waals surface area contributed by atoms with Gasteiger partial charge in [-0.2, -0.15) is 0 Å². The Morgan fingerprint density at radius 3 is 2.44 bits per heavy atom. The van der Waals surface area contributed by atoms with Crippen LogP contribution in [0, 0.1) is 0 Å². The van der Waals surface area contributed by atoms with Crippen molar-refractivity contribution < 1.29 is 9.59 Å². The molecule has 0 aromatic carbocycles. The van der Waals surface area contributed by atoms with E-state index in [4.69, 9.17) is 0 Å². The third kappa shape index (κ3) is 1.81. The van der Waals surface area contributed by atoms with Crippen LogP contribution >= 0.6 is 0 Å². The minimum absolute atomic E-state index is 0.0263. The van der Waals surface area contributed by atoms with Crippen molar-refractivity contribution in [3.8, 4) is 0 Å². The number of nitrogens with zero attached hydrogens (tertiary/aromatic N) is 1. The third-order valence-corrected chi connectivity index (χ3v) is 3.71. The molecule has 0 aromatic heterocycles. The summed E-state index contributed by atoms with van der Waals surface area (Å²) >= 11 is 0. The zero-order valence-corrected chi connectivity index (χ0v) is 10.1. The summed E-state index contributed by atoms with van der Waals surface area (Å²) in [6.45, 7) is 4.58. The fraction of sp³-hybridized carbons (Fsp3) is 0.833. The van der Waals surface area contributed by atoms with Crippen LogP contribution in [0.15, 0.2) is 0 Å². The zero-order valence-electron chi connectivity index (χ0n) is 10.1. The molecule has 0 unspecified atom stereocenters. The van der Waals surface area contributed by atoms with Crippen molar-refractivity contribution in [3.05, 3.63) is 0 Å². The second-order valence-electron chi connectivity index (χ2n) is 5.18. The van der Waals surface area contributed by atoms with Gasteiger partial charge in [-0.1, -0.05) is 12.8 Å². The monoisotopic (exact) mass is 224 g/mol. The average molecular weight is 224 g/mol. The molecule has 0 radical (unpaired) electrons. The van der Waals surface area contributed by atoms with Gasteiger partial charge in [-0.15, -0.1) is 0 Å². The fourth-order valence-corrected chi connectivity index (χ4v) is 2.79. The topological polar surface area (TPSA) is 49.4 Å². The standard InChI is InChI=1S/C12H20N2O2/c1-9(2)14-8-5-10(15)13-12(11(14)16)6-3-4-7-12/h9H,3-8H2,1-2H3,(H,13,15). The SMILES string of the molecule is CC(C)N1CCC(=O)NC2(CCCC2)C1=O. The van der Waals surface area contributed by atoms with E-state index in [2.05, 4.69) is 5.32 Å². The molecule has 0 bridgehead atoms. The van der Waals surface area contributed by atoms with Crippen LogP contribution in [0.25, 0.3) is 0 Å². The molecule has 2 aliphatic rings. The zero-order chi connectivity index (χ0) is 11.8. The lowest BCUT2D eigenvalue weighted by atomic mass is 9.95. The number of carbonyl (C=O) groups is 2. The number of rotatable bonds is 1. The van der Waals surface area contributed by atoms with Crippen molar-refractivity contribution in [1.29, 1.82) is 0 Å². The van der Waals surface area contributed by atoms with Gasteiger partial charge in [0.1, 0.15) is 5.54 Å². The van der Waals surface area contributed by atoms with Crippen LogP contribution in [-0.2, 0) is 9.59 Å². The largest absolute Gasteiger partial charge is 0.342 e. The summed E-state index contributed by atoms with van der Waals surface area (Å²) in [5.41, 5.74) is -0.572. The van der Waals surface area contributed by atoms with Crippen LogP contribution in [0.2, 0.25) is 0 Å². The van der Waals surface area contributed by atoms with E-state index in [1.807, 2.05) is 18.7 Å². The van der Waals surface area contributed by atoms with E-state index in [-0.39, 0.29) is 17.9 Å². The Hall–Kier alpha value is -1.06. The summed E-state index contributed by atoms with van der Waals surface area (Å²) in [5.74, 6) is 0.157. The van der Waals surface area contributed by atoms with Gasteiger partial charge in [-0.3, -0.25) is 9.59 Å². The Balaban J connectivity index is 2.28. The number of amides is 2. The molecule has 4 nitrogen and oxygen atoms in total. The predicted octanol–water partition coefficient (Wildman–Crippen LogP) is 1.06. The Labute approximate surface area is 96.4 Å². The van der Waals surface area contributed by atoms with E-state index in [0.717, 1.165) is 25.7 Å². The number of nitrogens with one attached hydrogen (secondary N) is 1. The van der Waals surface area contributed by atoms with E-state index in [9.17, 15) is 9.59 Å². The maximum atomic E-state index is 12.5. The van der Waals surface area contributed by atoms with Crippen molar-refractivity contribution in [1.82, 2.24) is 10.2 Å². The molecule has 1 saturated carbocycles. The molecular formula is C12H20N2O2. The molecule has 1 saturated heterocycles. The molecule has 1 N–H and O–H groups in total. The smallest absolute Gasteiger partial charge is 0.248 e. The van der Waals surface area contributed by atoms with Crippen molar-refractivity contribution in [2.45, 2.75) is 57.5 Å². The van der Waals surface area contributed by atoms with Crippen LogP contribution < -0.4 is 5.32 Å². The molecular weight excluding hydrogens is 204 g/mol. The predicted molar refractivity (Wildman–Crippen MR) is 60.8 cm³/mol. The lowest BCUT2D eigenvalue weighted by Gasteiger charge is -2.33. The van der Waals surface area contributed by atoms with E-state index < -0.39 is 5.54 Å². The highest BCUT2D eigenvalue weighted by Crippen LogP contribution is 2.33. The molecule has 16 heavy (non-hydrogen) atoms. The normalized spacial score (nSPS) is 25.1. The lowest BCUT2D eigenvalue weighted by molar-refractivity contribution is -0.140.